The molecule has 0 aliphatic carbocycles. The third-order valence-electron chi connectivity index (χ3n) is 5.85. The predicted octanol–water partition coefficient (Wildman–Crippen LogP) is 3.78. The number of carbonyl (C=O) groups is 3. The van der Waals surface area contributed by atoms with Crippen molar-refractivity contribution in [3.8, 4) is 11.5 Å². The van der Waals surface area contributed by atoms with Crippen LogP contribution in [0.1, 0.15) is 58.2 Å². The molecular weight excluding hydrogens is 542 g/mol. The van der Waals surface area contributed by atoms with E-state index in [1.807, 2.05) is 26.8 Å². The molecule has 12 heteroatoms. The number of primary amides is 1. The fourth-order valence-electron chi connectivity index (χ4n) is 3.94. The number of benzene rings is 3. The number of carbonyl (C=O) groups excluding carboxylic acids is 3. The first kappa shape index (κ1) is 31.3. The van der Waals surface area contributed by atoms with Crippen LogP contribution in [-0.4, -0.2) is 48.1 Å². The summed E-state index contributed by atoms with van der Waals surface area (Å²) >= 11 is 0. The van der Waals surface area contributed by atoms with Gasteiger partial charge in [-0.1, -0.05) is 16.8 Å². The Bertz CT molecular complexity index is 1470. The number of hydrogen-bond donors (Lipinski definition) is 5. The van der Waals surface area contributed by atoms with Crippen molar-refractivity contribution in [1.29, 1.82) is 0 Å². The topological polar surface area (TPSA) is 188 Å². The van der Waals surface area contributed by atoms with Crippen LogP contribution in [0, 0.1) is 6.92 Å². The summed E-state index contributed by atoms with van der Waals surface area (Å²) in [6.07, 6.45) is -0.271. The lowest BCUT2D eigenvalue weighted by Crippen LogP contribution is -2.19. The molecule has 0 spiro atoms. The molecule has 0 saturated carbocycles. The van der Waals surface area contributed by atoms with Gasteiger partial charge < -0.3 is 41.5 Å². The van der Waals surface area contributed by atoms with E-state index < -0.39 is 11.9 Å². The molecule has 12 nitrogen and oxygen atoms in total. The second-order valence-electron chi connectivity index (χ2n) is 9.51. The zero-order chi connectivity index (χ0) is 30.8. The average molecular weight is 578 g/mol. The second kappa shape index (κ2) is 14.4. The Morgan fingerprint density at radius 3 is 2.33 bits per heavy atom. The molecule has 7 N–H and O–H groups in total. The van der Waals surface area contributed by atoms with Crippen molar-refractivity contribution in [2.24, 2.45) is 16.6 Å². The quantitative estimate of drug-likeness (QED) is 0.0662. The van der Waals surface area contributed by atoms with E-state index in [2.05, 4.69) is 15.8 Å². The van der Waals surface area contributed by atoms with Crippen LogP contribution in [0.3, 0.4) is 0 Å². The lowest BCUT2D eigenvalue weighted by atomic mass is 10.1. The molecule has 0 bridgehead atoms. The second-order valence-corrected chi connectivity index (χ2v) is 9.51. The van der Waals surface area contributed by atoms with E-state index in [1.54, 1.807) is 49.4 Å². The minimum Gasteiger partial charge on any atom is -0.487 e. The smallest absolute Gasteiger partial charge is 0.344 e. The van der Waals surface area contributed by atoms with Crippen molar-refractivity contribution in [2.45, 2.75) is 40.3 Å². The molecule has 0 aliphatic heterocycles. The summed E-state index contributed by atoms with van der Waals surface area (Å²) < 4.78 is 16.7. The summed E-state index contributed by atoms with van der Waals surface area (Å²) in [5.74, 6) is -1.20. The summed E-state index contributed by atoms with van der Waals surface area (Å²) in [7, 11) is 0. The highest BCUT2D eigenvalue weighted by Gasteiger charge is 2.20. The van der Waals surface area contributed by atoms with E-state index in [1.165, 1.54) is 6.07 Å². The standard InChI is InChI=1S/C30H35N5O7/c1-5-40-26(36)16-41-27-21(13-20(29(32)37)14-25(27)42-17(2)3)15-33-24-11-6-18(4)12-23(24)30(38)34-22-9-7-19(8-10-22)28(31)35-39/h6-14,17,33,39H,5,15-16H2,1-4H3,(H2,31,35)(H2,32,37)(H,34,38). The van der Waals surface area contributed by atoms with Crippen LogP contribution in [0.25, 0.3) is 0 Å². The maximum Gasteiger partial charge on any atom is 0.344 e. The molecule has 0 aliphatic rings. The molecule has 3 aromatic rings. The van der Waals surface area contributed by atoms with E-state index in [4.69, 9.17) is 30.9 Å². The van der Waals surface area contributed by atoms with E-state index in [-0.39, 0.29) is 54.7 Å². The number of hydrogen-bond acceptors (Lipinski definition) is 9. The van der Waals surface area contributed by atoms with Crippen molar-refractivity contribution >= 4 is 35.0 Å². The highest BCUT2D eigenvalue weighted by molar-refractivity contribution is 6.08. The maximum atomic E-state index is 13.3. The Morgan fingerprint density at radius 2 is 1.71 bits per heavy atom. The van der Waals surface area contributed by atoms with E-state index in [9.17, 15) is 14.4 Å². The van der Waals surface area contributed by atoms with Gasteiger partial charge in [-0.25, -0.2) is 4.79 Å². The van der Waals surface area contributed by atoms with E-state index in [0.717, 1.165) is 5.56 Å². The summed E-state index contributed by atoms with van der Waals surface area (Å²) in [6.45, 7) is 7.07. The Labute approximate surface area is 243 Å². The Kier molecular flexibility index (Phi) is 10.7. The Morgan fingerprint density at radius 1 is 1.00 bits per heavy atom. The van der Waals surface area contributed by atoms with Crippen LogP contribution in [0.4, 0.5) is 11.4 Å². The van der Waals surface area contributed by atoms with Gasteiger partial charge in [0.05, 0.1) is 18.3 Å². The van der Waals surface area contributed by atoms with Crippen LogP contribution >= 0.6 is 0 Å². The highest BCUT2D eigenvalue weighted by Crippen LogP contribution is 2.35. The predicted molar refractivity (Wildman–Crippen MR) is 158 cm³/mol. The number of anilines is 2. The molecule has 3 rings (SSSR count). The molecule has 0 atom stereocenters. The molecule has 2 amide bonds. The first-order valence-electron chi connectivity index (χ1n) is 13.2. The Hall–Kier alpha value is -5.26. The van der Waals surface area contributed by atoms with Crippen LogP contribution < -0.4 is 31.6 Å². The fraction of sp³-hybridized carbons (Fsp3) is 0.267. The number of oxime groups is 1. The minimum absolute atomic E-state index is 0.0500. The van der Waals surface area contributed by atoms with Crippen LogP contribution in [0.15, 0.2) is 59.8 Å². The van der Waals surface area contributed by atoms with Crippen molar-refractivity contribution in [1.82, 2.24) is 0 Å². The molecule has 0 saturated heterocycles. The van der Waals surface area contributed by atoms with Gasteiger partial charge in [0.25, 0.3) is 5.91 Å². The largest absolute Gasteiger partial charge is 0.487 e. The van der Waals surface area contributed by atoms with E-state index >= 15 is 0 Å². The van der Waals surface area contributed by atoms with Gasteiger partial charge in [-0.15, -0.1) is 0 Å². The number of amidine groups is 1. The third-order valence-corrected chi connectivity index (χ3v) is 5.85. The first-order valence-corrected chi connectivity index (χ1v) is 13.2. The number of nitrogens with zero attached hydrogens (tertiary/aromatic N) is 1. The molecule has 222 valence electrons. The number of nitrogens with one attached hydrogen (secondary N) is 2. The van der Waals surface area contributed by atoms with Crippen molar-refractivity contribution in [2.75, 3.05) is 23.8 Å². The van der Waals surface area contributed by atoms with Gasteiger partial charge >= 0.3 is 5.97 Å². The lowest BCUT2D eigenvalue weighted by Gasteiger charge is -2.20. The lowest BCUT2D eigenvalue weighted by molar-refractivity contribution is -0.145. The molecule has 0 fully saturated rings. The fourth-order valence-corrected chi connectivity index (χ4v) is 3.94. The van der Waals surface area contributed by atoms with Crippen molar-refractivity contribution in [3.63, 3.8) is 0 Å². The van der Waals surface area contributed by atoms with Gasteiger partial charge in [-0.3, -0.25) is 9.59 Å². The third kappa shape index (κ3) is 8.37. The zero-order valence-electron chi connectivity index (χ0n) is 23.9. The van der Waals surface area contributed by atoms with Gasteiger partial charge in [-0.05, 0) is 76.2 Å². The van der Waals surface area contributed by atoms with Gasteiger partial charge in [0.2, 0.25) is 5.91 Å². The SMILES string of the molecule is CCOC(=O)COc1c(CNc2ccc(C)cc2C(=O)Nc2ccc(/C(N)=N/O)cc2)cc(C(N)=O)cc1OC(C)C. The minimum atomic E-state index is -0.671. The van der Waals surface area contributed by atoms with E-state index in [0.29, 0.717) is 28.1 Å². The highest BCUT2D eigenvalue weighted by atomic mass is 16.6. The number of aryl methyl sites for hydroxylation is 1. The van der Waals surface area contributed by atoms with Crippen LogP contribution in [0.5, 0.6) is 11.5 Å². The molecule has 0 unspecified atom stereocenters. The number of nitrogens with two attached hydrogens (primary N) is 2. The molecular formula is C30H35N5O7. The monoisotopic (exact) mass is 577 g/mol. The number of ether oxygens (including phenoxy) is 3. The molecule has 0 aromatic heterocycles. The Balaban J connectivity index is 1.92. The van der Waals surface area contributed by atoms with Crippen molar-refractivity contribution in [3.05, 3.63) is 82.4 Å². The number of amides is 2. The number of esters is 1. The molecule has 42 heavy (non-hydrogen) atoms. The van der Waals surface area contributed by atoms with Crippen LogP contribution in [-0.2, 0) is 16.1 Å². The summed E-state index contributed by atoms with van der Waals surface area (Å²) in [5, 5.41) is 17.9. The maximum absolute atomic E-state index is 13.3. The summed E-state index contributed by atoms with van der Waals surface area (Å²) in [4.78, 5) is 37.5. The summed E-state index contributed by atoms with van der Waals surface area (Å²) in [5.41, 5.74) is 14.5. The first-order chi connectivity index (χ1) is 20.0. The zero-order valence-corrected chi connectivity index (χ0v) is 23.9. The van der Waals surface area contributed by atoms with Crippen LogP contribution in [0.2, 0.25) is 0 Å². The van der Waals surface area contributed by atoms with Gasteiger partial charge in [0, 0.05) is 34.6 Å². The normalized spacial score (nSPS) is 11.1. The van der Waals surface area contributed by atoms with Gasteiger partial charge in [0.15, 0.2) is 23.9 Å². The molecule has 0 heterocycles. The molecule has 3 aromatic carbocycles. The van der Waals surface area contributed by atoms with Gasteiger partial charge in [-0.2, -0.15) is 0 Å². The molecule has 0 radical (unpaired) electrons. The van der Waals surface area contributed by atoms with Crippen molar-refractivity contribution < 1.29 is 33.8 Å². The van der Waals surface area contributed by atoms with Gasteiger partial charge in [0.1, 0.15) is 0 Å². The summed E-state index contributed by atoms with van der Waals surface area (Å²) in [6, 6.07) is 14.8. The average Bonchev–Trinajstić information content (AvgIpc) is 2.95. The number of rotatable bonds is 13.